The summed E-state index contributed by atoms with van der Waals surface area (Å²) in [5.74, 6) is 0.704. The quantitative estimate of drug-likeness (QED) is 0.412. The lowest BCUT2D eigenvalue weighted by Crippen LogP contribution is -2.48. The van der Waals surface area contributed by atoms with Gasteiger partial charge in [0.2, 0.25) is 0 Å². The molecule has 2 aromatic rings. The number of alkyl halides is 10. The van der Waals surface area contributed by atoms with Crippen molar-refractivity contribution in [2.75, 3.05) is 0 Å². The SMILES string of the molecule is C[n+]1ccc(-c2ncncn2)cc1.O=S(=O)([N-]S(=O)(=O)C(F)(F)C(F)(F)F)C(F)(F)C(F)(F)F. The number of sulfonamides is 2. The van der Waals surface area contributed by atoms with Crippen LogP contribution in [0.25, 0.3) is 15.5 Å². The highest BCUT2D eigenvalue weighted by molar-refractivity contribution is 8.13. The number of rotatable bonds is 5. The molecule has 9 nitrogen and oxygen atoms in total. The zero-order chi connectivity index (χ0) is 26.8. The maximum Gasteiger partial charge on any atom is 0.467 e. The normalized spacial score (nSPS) is 13.7. The monoisotopic (exact) mass is 553 g/mol. The summed E-state index contributed by atoms with van der Waals surface area (Å²) in [5, 5.41) is -14.0. The van der Waals surface area contributed by atoms with Gasteiger partial charge in [0.1, 0.15) is 19.7 Å². The van der Waals surface area contributed by atoms with Crippen molar-refractivity contribution in [2.24, 2.45) is 7.05 Å². The number of hydrogen-bond donors (Lipinski definition) is 0. The summed E-state index contributed by atoms with van der Waals surface area (Å²) in [7, 11) is -13.3. The highest BCUT2D eigenvalue weighted by Crippen LogP contribution is 2.47. The van der Waals surface area contributed by atoms with Crippen LogP contribution in [0.15, 0.2) is 37.2 Å². The van der Waals surface area contributed by atoms with Gasteiger partial charge in [-0.15, -0.1) is 0 Å². The Morgan fingerprint density at radius 2 is 1.09 bits per heavy atom. The third-order valence-corrected chi connectivity index (χ3v) is 6.56. The van der Waals surface area contributed by atoms with E-state index in [0.717, 1.165) is 5.56 Å². The first kappa shape index (κ1) is 29.4. The second kappa shape index (κ2) is 9.52. The summed E-state index contributed by atoms with van der Waals surface area (Å²) in [6.07, 6.45) is -7.10. The van der Waals surface area contributed by atoms with Gasteiger partial charge in [0.15, 0.2) is 38.3 Å². The zero-order valence-electron chi connectivity index (χ0n) is 15.9. The second-order valence-corrected chi connectivity index (χ2v) is 9.29. The highest BCUT2D eigenvalue weighted by Gasteiger charge is 2.68. The summed E-state index contributed by atoms with van der Waals surface area (Å²) >= 11 is 0. The fourth-order valence-electron chi connectivity index (χ4n) is 1.55. The molecule has 0 atom stereocenters. The average Bonchev–Trinajstić information content (AvgIpc) is 2.67. The number of pyridine rings is 1. The van der Waals surface area contributed by atoms with Gasteiger partial charge >= 0.3 is 22.9 Å². The lowest BCUT2D eigenvalue weighted by molar-refractivity contribution is -0.671. The molecule has 0 saturated heterocycles. The van der Waals surface area contributed by atoms with Gasteiger partial charge in [-0.25, -0.2) is 36.4 Å². The summed E-state index contributed by atoms with van der Waals surface area (Å²) < 4.78 is 163. The van der Waals surface area contributed by atoms with Crippen molar-refractivity contribution >= 4 is 20.0 Å². The van der Waals surface area contributed by atoms with Gasteiger partial charge in [0, 0.05) is 17.7 Å². The van der Waals surface area contributed by atoms with E-state index in [9.17, 15) is 60.7 Å². The van der Waals surface area contributed by atoms with E-state index in [1.807, 2.05) is 36.1 Å². The molecule has 2 rings (SSSR count). The van der Waals surface area contributed by atoms with Crippen molar-refractivity contribution in [2.45, 2.75) is 22.9 Å². The molecule has 21 heteroatoms. The fraction of sp³-hybridized carbons (Fsp3) is 0.385. The molecule has 0 bridgehead atoms. The summed E-state index contributed by atoms with van der Waals surface area (Å²) in [6, 6.07) is 3.94. The minimum Gasteiger partial charge on any atom is -0.425 e. The predicted octanol–water partition coefficient (Wildman–Crippen LogP) is 2.69. The van der Waals surface area contributed by atoms with Crippen LogP contribution >= 0.6 is 0 Å². The first-order valence-corrected chi connectivity index (χ1v) is 10.6. The molecular weight excluding hydrogens is 544 g/mol. The van der Waals surface area contributed by atoms with Gasteiger partial charge in [0.05, 0.1) is 0 Å². The largest absolute Gasteiger partial charge is 0.467 e. The Kier molecular flexibility index (Phi) is 8.22. The molecule has 0 aliphatic carbocycles. The molecule has 0 fully saturated rings. The van der Waals surface area contributed by atoms with E-state index in [1.165, 1.54) is 12.7 Å². The molecule has 34 heavy (non-hydrogen) atoms. The third-order valence-electron chi connectivity index (χ3n) is 3.23. The van der Waals surface area contributed by atoms with Crippen molar-refractivity contribution in [3.05, 3.63) is 41.3 Å². The molecule has 192 valence electrons. The summed E-state index contributed by atoms with van der Waals surface area (Å²) in [6.45, 7) is 0. The lowest BCUT2D eigenvalue weighted by atomic mass is 10.2. The first-order valence-electron chi connectivity index (χ1n) is 7.77. The van der Waals surface area contributed by atoms with Crippen LogP contribution in [0.3, 0.4) is 0 Å². The summed E-state index contributed by atoms with van der Waals surface area (Å²) in [4.78, 5) is 11.9. The van der Waals surface area contributed by atoms with Crippen LogP contribution in [0.1, 0.15) is 0 Å². The molecule has 0 spiro atoms. The van der Waals surface area contributed by atoms with Crippen LogP contribution in [0.4, 0.5) is 43.9 Å². The van der Waals surface area contributed by atoms with Gasteiger partial charge in [-0.3, -0.25) is 0 Å². The number of nitrogens with zero attached hydrogens (tertiary/aromatic N) is 5. The van der Waals surface area contributed by atoms with Crippen LogP contribution in [0, 0.1) is 0 Å². The van der Waals surface area contributed by atoms with Gasteiger partial charge in [0.25, 0.3) is 0 Å². The highest BCUT2D eigenvalue weighted by atomic mass is 32.3. The minimum absolute atomic E-state index is 0.422. The van der Waals surface area contributed by atoms with Crippen LogP contribution < -0.4 is 4.57 Å². The molecule has 0 unspecified atom stereocenters. The Morgan fingerprint density at radius 3 is 1.41 bits per heavy atom. The Labute approximate surface area is 183 Å². The Balaban J connectivity index is 0.000000375. The van der Waals surface area contributed by atoms with Crippen molar-refractivity contribution in [3.8, 4) is 11.4 Å². The van der Waals surface area contributed by atoms with Crippen LogP contribution in [0.2, 0.25) is 0 Å². The Bertz CT molecular complexity index is 1130. The van der Waals surface area contributed by atoms with Gasteiger partial charge in [-0.1, -0.05) is 0 Å². The molecule has 0 aliphatic heterocycles. The van der Waals surface area contributed by atoms with Crippen molar-refractivity contribution < 1.29 is 65.3 Å². The van der Waals surface area contributed by atoms with Crippen LogP contribution in [-0.4, -0.2) is 54.6 Å². The number of aromatic nitrogens is 4. The molecule has 0 aromatic carbocycles. The van der Waals surface area contributed by atoms with E-state index in [1.54, 1.807) is 0 Å². The molecule has 0 amide bonds. The van der Waals surface area contributed by atoms with Crippen molar-refractivity contribution in [3.63, 3.8) is 0 Å². The number of aryl methyl sites for hydroxylation is 1. The second-order valence-electron chi connectivity index (χ2n) is 5.77. The Morgan fingerprint density at radius 1 is 0.735 bits per heavy atom. The first-order chi connectivity index (χ1) is 15.1. The third kappa shape index (κ3) is 6.25. The predicted molar refractivity (Wildman–Crippen MR) is 89.6 cm³/mol. The molecular formula is C13H9F10N5O4S2. The van der Waals surface area contributed by atoms with E-state index in [4.69, 9.17) is 0 Å². The zero-order valence-corrected chi connectivity index (χ0v) is 17.6. The number of hydrogen-bond acceptors (Lipinski definition) is 7. The van der Waals surface area contributed by atoms with Crippen molar-refractivity contribution in [1.29, 1.82) is 0 Å². The van der Waals surface area contributed by atoms with E-state index in [0.29, 0.717) is 9.95 Å². The maximum atomic E-state index is 12.3. The van der Waals surface area contributed by atoms with Gasteiger partial charge in [-0.2, -0.15) is 43.9 Å². The Hall–Kier alpha value is -2.68. The lowest BCUT2D eigenvalue weighted by Gasteiger charge is -2.31. The maximum absolute atomic E-state index is 12.3. The van der Waals surface area contributed by atoms with E-state index in [2.05, 4.69) is 15.0 Å². The van der Waals surface area contributed by atoms with Gasteiger partial charge in [-0.05, 0) is 0 Å². The molecule has 0 N–H and O–H groups in total. The smallest absolute Gasteiger partial charge is 0.425 e. The van der Waals surface area contributed by atoms with Gasteiger partial charge < -0.3 is 4.13 Å². The van der Waals surface area contributed by atoms with E-state index >= 15 is 0 Å². The molecule has 2 aromatic heterocycles. The van der Waals surface area contributed by atoms with Crippen LogP contribution in [0.5, 0.6) is 0 Å². The van der Waals surface area contributed by atoms with E-state index < -0.39 is 42.9 Å². The summed E-state index contributed by atoms with van der Waals surface area (Å²) in [5.41, 5.74) is 1.00. The number of halogens is 10. The molecule has 0 saturated carbocycles. The fourth-order valence-corrected chi connectivity index (χ4v) is 3.92. The molecule has 0 radical (unpaired) electrons. The van der Waals surface area contributed by atoms with Crippen molar-refractivity contribution in [1.82, 2.24) is 15.0 Å². The molecule has 0 aliphatic rings. The minimum atomic E-state index is -7.62. The molecule has 2 heterocycles. The average molecular weight is 553 g/mol. The standard InChI is InChI=1S/C9H9N4.C4F10NO4S2/c1-13-4-2-8(3-5-13)9-11-6-10-7-12-9;5-1(6,7)3(11,12)20(16,17)15-21(18,19)4(13,14)2(8,9)10/h2-7H,1H3;/q+1;-1. The van der Waals surface area contributed by atoms with Crippen LogP contribution in [-0.2, 0) is 27.1 Å². The topological polar surface area (TPSA) is 125 Å². The van der Waals surface area contributed by atoms with E-state index in [-0.39, 0.29) is 0 Å².